The minimum absolute atomic E-state index is 0.0584. The molecule has 0 aliphatic rings. The number of aromatic hydroxyl groups is 1. The molecule has 2 nitrogen and oxygen atoms in total. The molecule has 0 bridgehead atoms. The standard InChI is InChI=1S/C22H32NOP/c1-7-22(6,18-10-8-9-11-19(18)24)25-20-13-12-16(2)14-17(20)15-23-21(3,4)5/h8-14,23-25H,7,15H2,1-6H3. The summed E-state index contributed by atoms with van der Waals surface area (Å²) < 4.78 is 0. The first-order valence-corrected chi connectivity index (χ1v) is 10.1. The van der Waals surface area contributed by atoms with Gasteiger partial charge in [0.2, 0.25) is 0 Å². The van der Waals surface area contributed by atoms with Gasteiger partial charge in [-0.1, -0.05) is 64.4 Å². The van der Waals surface area contributed by atoms with Crippen molar-refractivity contribution in [2.24, 2.45) is 0 Å². The van der Waals surface area contributed by atoms with Crippen molar-refractivity contribution in [1.82, 2.24) is 5.32 Å². The van der Waals surface area contributed by atoms with E-state index < -0.39 is 0 Å². The Balaban J connectivity index is 2.36. The molecular formula is C22H32NOP. The molecular weight excluding hydrogens is 325 g/mol. The van der Waals surface area contributed by atoms with Gasteiger partial charge < -0.3 is 10.4 Å². The summed E-state index contributed by atoms with van der Waals surface area (Å²) in [5.41, 5.74) is 3.80. The van der Waals surface area contributed by atoms with E-state index >= 15 is 0 Å². The molecule has 2 atom stereocenters. The Bertz CT molecular complexity index is 720. The highest BCUT2D eigenvalue weighted by atomic mass is 31.1. The maximum atomic E-state index is 10.4. The van der Waals surface area contributed by atoms with Crippen LogP contribution in [0.1, 0.15) is 57.7 Å². The summed E-state index contributed by atoms with van der Waals surface area (Å²) in [6.45, 7) is 14.1. The summed E-state index contributed by atoms with van der Waals surface area (Å²) >= 11 is 0. The van der Waals surface area contributed by atoms with Crippen LogP contribution in [-0.4, -0.2) is 10.6 Å². The molecule has 0 heterocycles. The van der Waals surface area contributed by atoms with Gasteiger partial charge in [-0.05, 0) is 51.1 Å². The van der Waals surface area contributed by atoms with Crippen molar-refractivity contribution in [2.75, 3.05) is 0 Å². The lowest BCUT2D eigenvalue weighted by Crippen LogP contribution is -2.36. The molecule has 0 radical (unpaired) electrons. The number of rotatable bonds is 6. The van der Waals surface area contributed by atoms with Crippen LogP contribution in [0.3, 0.4) is 0 Å². The Morgan fingerprint density at radius 1 is 1.04 bits per heavy atom. The van der Waals surface area contributed by atoms with Crippen LogP contribution in [-0.2, 0) is 11.7 Å². The summed E-state index contributed by atoms with van der Waals surface area (Å²) in [4.78, 5) is 0. The summed E-state index contributed by atoms with van der Waals surface area (Å²) in [6, 6.07) is 14.5. The Hall–Kier alpha value is -1.37. The van der Waals surface area contributed by atoms with E-state index in [0.29, 0.717) is 14.3 Å². The van der Waals surface area contributed by atoms with Crippen LogP contribution in [0.4, 0.5) is 0 Å². The van der Waals surface area contributed by atoms with Gasteiger partial charge in [0.1, 0.15) is 5.75 Å². The van der Waals surface area contributed by atoms with Crippen LogP contribution in [0, 0.1) is 6.92 Å². The van der Waals surface area contributed by atoms with E-state index in [1.165, 1.54) is 16.4 Å². The zero-order valence-corrected chi connectivity index (χ0v) is 17.4. The fourth-order valence-electron chi connectivity index (χ4n) is 2.93. The molecule has 0 aliphatic carbocycles. The first-order chi connectivity index (χ1) is 11.6. The summed E-state index contributed by atoms with van der Waals surface area (Å²) in [6.07, 6.45) is 0.989. The molecule has 0 aliphatic heterocycles. The fourth-order valence-corrected chi connectivity index (χ4v) is 4.54. The second-order valence-corrected chi connectivity index (χ2v) is 9.98. The molecule has 0 aromatic heterocycles. The van der Waals surface area contributed by atoms with Gasteiger partial charge in [-0.15, -0.1) is 0 Å². The minimum atomic E-state index is -0.0584. The molecule has 2 unspecified atom stereocenters. The maximum absolute atomic E-state index is 10.4. The predicted molar refractivity (Wildman–Crippen MR) is 111 cm³/mol. The smallest absolute Gasteiger partial charge is 0.119 e. The number of phenolic OH excluding ortho intramolecular Hbond substituents is 1. The lowest BCUT2D eigenvalue weighted by atomic mass is 9.96. The third-order valence-electron chi connectivity index (χ3n) is 4.69. The van der Waals surface area contributed by atoms with Crippen LogP contribution in [0.25, 0.3) is 0 Å². The minimum Gasteiger partial charge on any atom is -0.508 e. The van der Waals surface area contributed by atoms with Crippen molar-refractivity contribution in [3.8, 4) is 5.75 Å². The lowest BCUT2D eigenvalue weighted by Gasteiger charge is -2.31. The molecule has 0 amide bonds. The number of hydrogen-bond donors (Lipinski definition) is 2. The molecule has 25 heavy (non-hydrogen) atoms. The lowest BCUT2D eigenvalue weighted by molar-refractivity contribution is 0.425. The van der Waals surface area contributed by atoms with Crippen LogP contribution in [0.2, 0.25) is 0 Å². The Morgan fingerprint density at radius 3 is 2.32 bits per heavy atom. The SMILES string of the molecule is CCC(C)(Pc1ccc(C)cc1CNC(C)(C)C)c1ccccc1O. The van der Waals surface area contributed by atoms with Gasteiger partial charge in [-0.2, -0.15) is 0 Å². The van der Waals surface area contributed by atoms with Crippen LogP contribution in [0.15, 0.2) is 42.5 Å². The number of nitrogens with one attached hydrogen (secondary N) is 1. The van der Waals surface area contributed by atoms with E-state index in [4.69, 9.17) is 0 Å². The molecule has 0 saturated heterocycles. The third kappa shape index (κ3) is 5.30. The Labute approximate surface area is 154 Å². The first-order valence-electron chi connectivity index (χ1n) is 9.06. The van der Waals surface area contributed by atoms with Crippen molar-refractivity contribution < 1.29 is 5.11 Å². The molecule has 3 heteroatoms. The number of benzene rings is 2. The van der Waals surface area contributed by atoms with Gasteiger partial charge in [0, 0.05) is 22.8 Å². The van der Waals surface area contributed by atoms with Crippen LogP contribution >= 0.6 is 8.58 Å². The Kier molecular flexibility index (Phi) is 6.30. The third-order valence-corrected chi connectivity index (χ3v) is 6.62. The molecule has 0 spiro atoms. The molecule has 0 fully saturated rings. The van der Waals surface area contributed by atoms with Crippen molar-refractivity contribution in [2.45, 2.75) is 65.2 Å². The number of hydrogen-bond acceptors (Lipinski definition) is 2. The van der Waals surface area contributed by atoms with E-state index in [1.807, 2.05) is 12.1 Å². The average molecular weight is 357 g/mol. The summed E-state index contributed by atoms with van der Waals surface area (Å²) in [7, 11) is 0.611. The summed E-state index contributed by atoms with van der Waals surface area (Å²) in [5.74, 6) is 0.404. The normalized spacial score (nSPS) is 14.8. The first kappa shape index (κ1) is 19.9. The number of aryl methyl sites for hydroxylation is 1. The van der Waals surface area contributed by atoms with E-state index in [-0.39, 0.29) is 10.7 Å². The summed E-state index contributed by atoms with van der Waals surface area (Å²) in [5, 5.41) is 15.3. The van der Waals surface area contributed by atoms with E-state index in [2.05, 4.69) is 71.1 Å². The van der Waals surface area contributed by atoms with E-state index in [0.717, 1.165) is 18.5 Å². The molecule has 136 valence electrons. The largest absolute Gasteiger partial charge is 0.508 e. The van der Waals surface area contributed by atoms with Crippen molar-refractivity contribution in [3.05, 3.63) is 59.2 Å². The highest BCUT2D eigenvalue weighted by Crippen LogP contribution is 2.47. The molecule has 2 aromatic rings. The van der Waals surface area contributed by atoms with Crippen LogP contribution in [0.5, 0.6) is 5.75 Å². The van der Waals surface area contributed by atoms with Gasteiger partial charge in [-0.3, -0.25) is 0 Å². The monoisotopic (exact) mass is 357 g/mol. The second kappa shape index (κ2) is 7.89. The average Bonchev–Trinajstić information content (AvgIpc) is 2.54. The van der Waals surface area contributed by atoms with Crippen LogP contribution < -0.4 is 10.6 Å². The second-order valence-electron chi connectivity index (χ2n) is 8.09. The highest BCUT2D eigenvalue weighted by molar-refractivity contribution is 7.48. The van der Waals surface area contributed by atoms with Gasteiger partial charge in [-0.25, -0.2) is 0 Å². The predicted octanol–water partition coefficient (Wildman–Crippen LogP) is 5.22. The zero-order chi connectivity index (χ0) is 18.7. The van der Waals surface area contributed by atoms with Crippen molar-refractivity contribution >= 4 is 13.9 Å². The number of phenols is 1. The molecule has 2 rings (SSSR count). The topological polar surface area (TPSA) is 32.3 Å². The fraction of sp³-hybridized carbons (Fsp3) is 0.455. The maximum Gasteiger partial charge on any atom is 0.119 e. The zero-order valence-electron chi connectivity index (χ0n) is 16.4. The van der Waals surface area contributed by atoms with Gasteiger partial charge in [0.15, 0.2) is 0 Å². The number of para-hydroxylation sites is 1. The highest BCUT2D eigenvalue weighted by Gasteiger charge is 2.28. The van der Waals surface area contributed by atoms with Gasteiger partial charge in [0.25, 0.3) is 0 Å². The van der Waals surface area contributed by atoms with Crippen molar-refractivity contribution in [1.29, 1.82) is 0 Å². The molecule has 0 saturated carbocycles. The van der Waals surface area contributed by atoms with E-state index in [1.54, 1.807) is 6.07 Å². The molecule has 2 N–H and O–H groups in total. The van der Waals surface area contributed by atoms with Gasteiger partial charge >= 0.3 is 0 Å². The quantitative estimate of drug-likeness (QED) is 0.695. The molecule has 2 aromatic carbocycles. The van der Waals surface area contributed by atoms with Crippen molar-refractivity contribution in [3.63, 3.8) is 0 Å². The van der Waals surface area contributed by atoms with Gasteiger partial charge in [0.05, 0.1) is 0 Å². The Morgan fingerprint density at radius 2 is 1.72 bits per heavy atom. The van der Waals surface area contributed by atoms with E-state index in [9.17, 15) is 5.11 Å².